The molecule has 214 valence electrons. The highest BCUT2D eigenvalue weighted by Gasteiger charge is 2.58. The number of nitrogens with one attached hydrogen (secondary N) is 2. The molecule has 0 bridgehead atoms. The van der Waals surface area contributed by atoms with Crippen LogP contribution in [0.2, 0.25) is 0 Å². The lowest BCUT2D eigenvalue weighted by molar-refractivity contribution is -0.143. The van der Waals surface area contributed by atoms with Crippen molar-refractivity contribution in [3.63, 3.8) is 0 Å². The Hall–Kier alpha value is -3.65. The van der Waals surface area contributed by atoms with Crippen LogP contribution in [0, 0.1) is 23.7 Å². The molecule has 0 aromatic heterocycles. The second-order valence-corrected chi connectivity index (χ2v) is 10.6. The van der Waals surface area contributed by atoms with Gasteiger partial charge in [0.15, 0.2) is 0 Å². The quantitative estimate of drug-likeness (QED) is 0.370. The van der Waals surface area contributed by atoms with Gasteiger partial charge in [-0.3, -0.25) is 14.4 Å². The van der Waals surface area contributed by atoms with Gasteiger partial charge in [0.2, 0.25) is 17.7 Å². The van der Waals surface area contributed by atoms with Gasteiger partial charge >= 0.3 is 0 Å². The van der Waals surface area contributed by atoms with Gasteiger partial charge in [-0.05, 0) is 56.0 Å². The molecule has 1 fully saturated rings. The van der Waals surface area contributed by atoms with E-state index in [1.54, 1.807) is 7.05 Å². The summed E-state index contributed by atoms with van der Waals surface area (Å²) in [6.45, 7) is 7.67. The number of amides is 3. The van der Waals surface area contributed by atoms with Gasteiger partial charge in [-0.1, -0.05) is 55.8 Å². The summed E-state index contributed by atoms with van der Waals surface area (Å²) in [6.07, 6.45) is 5.60. The van der Waals surface area contributed by atoms with E-state index < -0.39 is 29.8 Å². The zero-order chi connectivity index (χ0) is 28.8. The van der Waals surface area contributed by atoms with Crippen LogP contribution in [-0.2, 0) is 14.4 Å². The van der Waals surface area contributed by atoms with E-state index in [9.17, 15) is 19.5 Å². The number of carbonyl (C=O) groups excluding carboxylic acids is 3. The van der Waals surface area contributed by atoms with E-state index in [0.717, 1.165) is 37.2 Å². The lowest BCUT2D eigenvalue weighted by Gasteiger charge is -2.34. The van der Waals surface area contributed by atoms with Crippen LogP contribution >= 0.6 is 0 Å². The van der Waals surface area contributed by atoms with Gasteiger partial charge < -0.3 is 25.5 Å². The predicted molar refractivity (Wildman–Crippen MR) is 158 cm³/mol. The number of fused-ring (bicyclic) bond motifs is 1. The number of aliphatic hydroxyl groups is 1. The number of hydrogen-bond donors (Lipinski definition) is 3. The third-order valence-electron chi connectivity index (χ3n) is 8.44. The second kappa shape index (κ2) is 13.1. The molecule has 4 rings (SSSR count). The molecule has 6 atom stereocenters. The minimum absolute atomic E-state index is 0.101. The van der Waals surface area contributed by atoms with Gasteiger partial charge in [-0.2, -0.15) is 0 Å². The zero-order valence-electron chi connectivity index (χ0n) is 23.9. The highest BCUT2D eigenvalue weighted by Crippen LogP contribution is 2.47. The maximum Gasteiger partial charge on any atom is 0.247 e. The summed E-state index contributed by atoms with van der Waals surface area (Å²) in [7, 11) is 1.59. The van der Waals surface area contributed by atoms with Crippen LogP contribution in [0.15, 0.2) is 66.7 Å². The SMILES string of the molecule is CCC[C@@H]1C=C[C@H]2[C@H](C(=O)N([C@H](CO)c3ccccc3)[C@@H]2C(=O)Nc2ccc(N(CC)CC)cc2)[C@@H]1C(=O)NC. The predicted octanol–water partition coefficient (Wildman–Crippen LogP) is 4.00. The Balaban J connectivity index is 1.73. The molecule has 40 heavy (non-hydrogen) atoms. The average molecular weight is 547 g/mol. The molecular formula is C32H42N4O4. The third kappa shape index (κ3) is 5.63. The molecule has 8 nitrogen and oxygen atoms in total. The van der Waals surface area contributed by atoms with Crippen molar-refractivity contribution in [2.24, 2.45) is 23.7 Å². The molecule has 3 amide bonds. The number of nitrogens with zero attached hydrogens (tertiary/aromatic N) is 2. The molecule has 0 spiro atoms. The van der Waals surface area contributed by atoms with Crippen molar-refractivity contribution < 1.29 is 19.5 Å². The van der Waals surface area contributed by atoms with Gasteiger partial charge in [-0.15, -0.1) is 0 Å². The van der Waals surface area contributed by atoms with Crippen LogP contribution < -0.4 is 15.5 Å². The number of anilines is 2. The second-order valence-electron chi connectivity index (χ2n) is 10.6. The molecule has 8 heteroatoms. The summed E-state index contributed by atoms with van der Waals surface area (Å²) in [4.78, 5) is 45.2. The molecule has 2 aromatic carbocycles. The summed E-state index contributed by atoms with van der Waals surface area (Å²) < 4.78 is 0. The van der Waals surface area contributed by atoms with E-state index in [1.807, 2.05) is 66.7 Å². The van der Waals surface area contributed by atoms with E-state index >= 15 is 0 Å². The van der Waals surface area contributed by atoms with Crippen molar-refractivity contribution in [1.29, 1.82) is 0 Å². The number of likely N-dealkylation sites (tertiary alicyclic amines) is 1. The maximum absolute atomic E-state index is 14.3. The fourth-order valence-electron chi connectivity index (χ4n) is 6.50. The molecule has 1 aliphatic heterocycles. The van der Waals surface area contributed by atoms with E-state index in [4.69, 9.17) is 0 Å². The summed E-state index contributed by atoms with van der Waals surface area (Å²) in [5, 5.41) is 16.3. The molecular weight excluding hydrogens is 504 g/mol. The van der Waals surface area contributed by atoms with Crippen LogP contribution in [0.5, 0.6) is 0 Å². The summed E-state index contributed by atoms with van der Waals surface area (Å²) in [5.74, 6) is -2.69. The Bertz CT molecular complexity index is 1200. The van der Waals surface area contributed by atoms with Crippen molar-refractivity contribution in [2.45, 2.75) is 45.7 Å². The molecule has 2 aromatic rings. The van der Waals surface area contributed by atoms with Gasteiger partial charge in [0, 0.05) is 37.4 Å². The number of carbonyl (C=O) groups is 3. The van der Waals surface area contributed by atoms with Gasteiger partial charge in [-0.25, -0.2) is 0 Å². The Kier molecular flexibility index (Phi) is 9.63. The first-order valence-corrected chi connectivity index (χ1v) is 14.4. The van der Waals surface area contributed by atoms with E-state index in [0.29, 0.717) is 5.69 Å². The fourth-order valence-corrected chi connectivity index (χ4v) is 6.50. The first-order chi connectivity index (χ1) is 19.4. The number of aliphatic hydroxyl groups excluding tert-OH is 1. The monoisotopic (exact) mass is 546 g/mol. The van der Waals surface area contributed by atoms with E-state index in [-0.39, 0.29) is 30.2 Å². The molecule has 0 radical (unpaired) electrons. The van der Waals surface area contributed by atoms with Crippen LogP contribution in [0.4, 0.5) is 11.4 Å². The number of benzene rings is 2. The highest BCUT2D eigenvalue weighted by molar-refractivity contribution is 6.02. The van der Waals surface area contributed by atoms with E-state index in [1.165, 1.54) is 4.90 Å². The summed E-state index contributed by atoms with van der Waals surface area (Å²) in [5.41, 5.74) is 2.43. The van der Waals surface area contributed by atoms with Crippen molar-refractivity contribution in [3.05, 3.63) is 72.3 Å². The van der Waals surface area contributed by atoms with Gasteiger partial charge in [0.1, 0.15) is 6.04 Å². The van der Waals surface area contributed by atoms with Crippen LogP contribution in [-0.4, -0.2) is 60.5 Å². The van der Waals surface area contributed by atoms with Crippen molar-refractivity contribution in [1.82, 2.24) is 10.2 Å². The average Bonchev–Trinajstić information content (AvgIpc) is 3.27. The topological polar surface area (TPSA) is 102 Å². The minimum Gasteiger partial charge on any atom is -0.394 e. The fraction of sp³-hybridized carbons (Fsp3) is 0.469. The normalized spacial score (nSPS) is 24.4. The first-order valence-electron chi connectivity index (χ1n) is 14.4. The largest absolute Gasteiger partial charge is 0.394 e. The molecule has 3 N–H and O–H groups in total. The minimum atomic E-state index is -0.886. The lowest BCUT2D eigenvalue weighted by atomic mass is 9.68. The van der Waals surface area contributed by atoms with Crippen LogP contribution in [0.3, 0.4) is 0 Å². The highest BCUT2D eigenvalue weighted by atomic mass is 16.3. The van der Waals surface area contributed by atoms with E-state index in [2.05, 4.69) is 36.3 Å². The third-order valence-corrected chi connectivity index (χ3v) is 8.44. The standard InChI is InChI=1S/C32H42N4O4/c1-5-11-22-14-19-25-28(27(22)30(38)33-4)32(40)36(26(20-37)21-12-9-8-10-13-21)29(25)31(39)34-23-15-17-24(18-16-23)35(6-2)7-3/h8-10,12-19,22,25-29,37H,5-7,11,20H2,1-4H3,(H,33,38)(H,34,39)/t22-,25+,26-,27-,28+,29+/m1/s1. The summed E-state index contributed by atoms with van der Waals surface area (Å²) >= 11 is 0. The first kappa shape index (κ1) is 29.3. The molecule has 1 aliphatic carbocycles. The summed E-state index contributed by atoms with van der Waals surface area (Å²) in [6, 6.07) is 15.3. The Morgan fingerprint density at radius 3 is 2.23 bits per heavy atom. The lowest BCUT2D eigenvalue weighted by Crippen LogP contribution is -2.47. The van der Waals surface area contributed by atoms with Crippen LogP contribution in [0.25, 0.3) is 0 Å². The van der Waals surface area contributed by atoms with Crippen LogP contribution in [0.1, 0.15) is 45.2 Å². The Morgan fingerprint density at radius 1 is 0.975 bits per heavy atom. The maximum atomic E-state index is 14.3. The smallest absolute Gasteiger partial charge is 0.247 e. The number of rotatable bonds is 11. The van der Waals surface area contributed by atoms with Crippen molar-refractivity contribution in [3.8, 4) is 0 Å². The molecule has 1 saturated heterocycles. The zero-order valence-corrected chi connectivity index (χ0v) is 23.9. The molecule has 0 saturated carbocycles. The number of hydrogen-bond acceptors (Lipinski definition) is 5. The van der Waals surface area contributed by atoms with Crippen molar-refractivity contribution >= 4 is 29.1 Å². The van der Waals surface area contributed by atoms with Gasteiger partial charge in [0.05, 0.1) is 24.5 Å². The van der Waals surface area contributed by atoms with Gasteiger partial charge in [0.25, 0.3) is 0 Å². The molecule has 1 heterocycles. The Labute approximate surface area is 237 Å². The number of allylic oxidation sites excluding steroid dienone is 1. The molecule has 0 unspecified atom stereocenters. The van der Waals surface area contributed by atoms with Crippen molar-refractivity contribution in [2.75, 3.05) is 37.0 Å². The Morgan fingerprint density at radius 2 is 1.65 bits per heavy atom. The molecule has 2 aliphatic rings.